The van der Waals surface area contributed by atoms with E-state index in [1.54, 1.807) is 0 Å². The van der Waals surface area contributed by atoms with E-state index < -0.39 is 57.1 Å². The lowest BCUT2D eigenvalue weighted by molar-refractivity contribution is -0.120. The first kappa shape index (κ1) is 16.8. The van der Waals surface area contributed by atoms with Gasteiger partial charge in [-0.15, -0.1) is 0 Å². The Labute approximate surface area is 118 Å². The molecule has 21 heavy (non-hydrogen) atoms. The van der Waals surface area contributed by atoms with Crippen molar-refractivity contribution in [2.24, 2.45) is 11.5 Å². The van der Waals surface area contributed by atoms with Gasteiger partial charge in [0.05, 0.1) is 13.1 Å². The molecule has 116 valence electrons. The van der Waals surface area contributed by atoms with Gasteiger partial charge in [-0.05, 0) is 12.1 Å². The van der Waals surface area contributed by atoms with E-state index in [0.29, 0.717) is 12.1 Å². The van der Waals surface area contributed by atoms with Gasteiger partial charge in [0, 0.05) is 0 Å². The van der Waals surface area contributed by atoms with Crippen molar-refractivity contribution in [2.45, 2.75) is 4.90 Å². The molecule has 0 bridgehead atoms. The molecule has 0 fully saturated rings. The maximum absolute atomic E-state index is 13.8. The second-order valence-electron chi connectivity index (χ2n) is 3.98. The van der Waals surface area contributed by atoms with Gasteiger partial charge in [-0.3, -0.25) is 9.59 Å². The number of carbonyl (C=O) groups is 2. The van der Waals surface area contributed by atoms with Crippen molar-refractivity contribution < 1.29 is 26.8 Å². The Balaban J connectivity index is 3.38. The fourth-order valence-electron chi connectivity index (χ4n) is 1.46. The topological polar surface area (TPSA) is 150 Å². The number of benzene rings is 1. The maximum atomic E-state index is 13.8. The van der Waals surface area contributed by atoms with Gasteiger partial charge >= 0.3 is 0 Å². The Bertz CT molecular complexity index is 677. The van der Waals surface area contributed by atoms with Gasteiger partial charge in [-0.25, -0.2) is 17.2 Å². The lowest BCUT2D eigenvalue weighted by Gasteiger charge is -2.19. The van der Waals surface area contributed by atoms with E-state index in [4.69, 9.17) is 17.2 Å². The number of nitrogens with zero attached hydrogens (tertiary/aromatic N) is 1. The Hall–Kier alpha value is -2.27. The number of rotatable bonds is 6. The van der Waals surface area contributed by atoms with Crippen molar-refractivity contribution in [2.75, 3.05) is 18.8 Å². The van der Waals surface area contributed by atoms with Crippen LogP contribution in [0.15, 0.2) is 17.0 Å². The molecule has 1 aromatic carbocycles. The van der Waals surface area contributed by atoms with Crippen LogP contribution in [0.3, 0.4) is 0 Å². The summed E-state index contributed by atoms with van der Waals surface area (Å²) in [5.41, 5.74) is 13.8. The minimum absolute atomic E-state index is 0.271. The van der Waals surface area contributed by atoms with Crippen LogP contribution in [-0.4, -0.2) is 37.6 Å². The predicted molar refractivity (Wildman–Crippen MR) is 67.9 cm³/mol. The van der Waals surface area contributed by atoms with Gasteiger partial charge in [0.15, 0.2) is 5.82 Å². The number of nitrogens with two attached hydrogens (primary N) is 3. The molecule has 0 saturated heterocycles. The standard InChI is InChI=1S/C10H12F2N4O4S/c11-5-1-2-6(9(12)10(5)15)21(19,20)16(3-7(13)17)4-8(14)18/h1-2H,3-4,15H2,(H2,13,17)(H2,14,18). The molecule has 0 aliphatic carbocycles. The highest BCUT2D eigenvalue weighted by molar-refractivity contribution is 7.89. The molecule has 0 atom stereocenters. The molecule has 0 radical (unpaired) electrons. The van der Waals surface area contributed by atoms with E-state index in [0.717, 1.165) is 0 Å². The van der Waals surface area contributed by atoms with Gasteiger partial charge in [0.1, 0.15) is 16.4 Å². The number of amides is 2. The SMILES string of the molecule is NC(=O)CN(CC(N)=O)S(=O)(=O)c1ccc(F)c(N)c1F. The summed E-state index contributed by atoms with van der Waals surface area (Å²) in [6, 6.07) is 1.25. The highest BCUT2D eigenvalue weighted by atomic mass is 32.2. The van der Waals surface area contributed by atoms with E-state index >= 15 is 0 Å². The molecule has 1 rings (SSSR count). The van der Waals surface area contributed by atoms with Crippen LogP contribution in [0, 0.1) is 11.6 Å². The van der Waals surface area contributed by atoms with E-state index in [-0.39, 0.29) is 4.31 Å². The largest absolute Gasteiger partial charge is 0.394 e. The third-order valence-corrected chi connectivity index (χ3v) is 4.18. The Morgan fingerprint density at radius 3 is 2.00 bits per heavy atom. The second-order valence-corrected chi connectivity index (χ2v) is 5.89. The summed E-state index contributed by atoms with van der Waals surface area (Å²) >= 11 is 0. The van der Waals surface area contributed by atoms with Crippen LogP contribution in [0.4, 0.5) is 14.5 Å². The quantitative estimate of drug-likeness (QED) is 0.545. The van der Waals surface area contributed by atoms with Crippen molar-refractivity contribution in [3.63, 3.8) is 0 Å². The molecule has 1 aromatic rings. The molecule has 0 aliphatic rings. The molecule has 11 heteroatoms. The number of nitrogen functional groups attached to an aromatic ring is 1. The summed E-state index contributed by atoms with van der Waals surface area (Å²) in [4.78, 5) is 20.7. The molecule has 0 aliphatic heterocycles. The van der Waals surface area contributed by atoms with Gasteiger partial charge in [-0.2, -0.15) is 4.31 Å². The Morgan fingerprint density at radius 2 is 1.57 bits per heavy atom. The van der Waals surface area contributed by atoms with Crippen molar-refractivity contribution in [1.82, 2.24) is 4.31 Å². The van der Waals surface area contributed by atoms with Gasteiger partial charge in [-0.1, -0.05) is 0 Å². The van der Waals surface area contributed by atoms with Crippen LogP contribution < -0.4 is 17.2 Å². The average molecular weight is 322 g/mol. The molecule has 2 amide bonds. The van der Waals surface area contributed by atoms with Crippen LogP contribution in [0.2, 0.25) is 0 Å². The van der Waals surface area contributed by atoms with Crippen molar-refractivity contribution >= 4 is 27.5 Å². The first-order valence-corrected chi connectivity index (χ1v) is 6.81. The number of hydrogen-bond donors (Lipinski definition) is 3. The molecule has 0 aromatic heterocycles. The van der Waals surface area contributed by atoms with E-state index in [9.17, 15) is 26.8 Å². The maximum Gasteiger partial charge on any atom is 0.247 e. The van der Waals surface area contributed by atoms with E-state index in [1.165, 1.54) is 0 Å². The van der Waals surface area contributed by atoms with Crippen LogP contribution in [0.5, 0.6) is 0 Å². The van der Waals surface area contributed by atoms with Gasteiger partial charge in [0.2, 0.25) is 21.8 Å². The Morgan fingerprint density at radius 1 is 1.10 bits per heavy atom. The number of hydrogen-bond acceptors (Lipinski definition) is 5. The summed E-state index contributed by atoms with van der Waals surface area (Å²) in [6.45, 7) is -1.80. The average Bonchev–Trinajstić information content (AvgIpc) is 2.33. The van der Waals surface area contributed by atoms with E-state index in [2.05, 4.69) is 0 Å². The van der Waals surface area contributed by atoms with E-state index in [1.807, 2.05) is 0 Å². The van der Waals surface area contributed by atoms with Gasteiger partial charge < -0.3 is 17.2 Å². The number of carbonyl (C=O) groups excluding carboxylic acids is 2. The fraction of sp³-hybridized carbons (Fsp3) is 0.200. The first-order valence-electron chi connectivity index (χ1n) is 5.37. The summed E-state index contributed by atoms with van der Waals surface area (Å²) in [5.74, 6) is -4.86. The summed E-state index contributed by atoms with van der Waals surface area (Å²) in [6.07, 6.45) is 0. The molecule has 0 heterocycles. The summed E-state index contributed by atoms with van der Waals surface area (Å²) in [7, 11) is -4.65. The molecule has 0 spiro atoms. The normalized spacial score (nSPS) is 11.6. The smallest absolute Gasteiger partial charge is 0.247 e. The monoisotopic (exact) mass is 322 g/mol. The molecule has 6 N–H and O–H groups in total. The zero-order valence-corrected chi connectivity index (χ0v) is 11.4. The molecular formula is C10H12F2N4O4S. The number of sulfonamides is 1. The van der Waals surface area contributed by atoms with Crippen LogP contribution in [0.25, 0.3) is 0 Å². The number of halogens is 2. The van der Waals surface area contributed by atoms with Crippen molar-refractivity contribution in [3.05, 3.63) is 23.8 Å². The molecule has 8 nitrogen and oxygen atoms in total. The molecule has 0 unspecified atom stereocenters. The second kappa shape index (κ2) is 6.01. The highest BCUT2D eigenvalue weighted by Crippen LogP contribution is 2.25. The van der Waals surface area contributed by atoms with Crippen LogP contribution in [0.1, 0.15) is 0 Å². The zero-order valence-electron chi connectivity index (χ0n) is 10.5. The third kappa shape index (κ3) is 3.64. The van der Waals surface area contributed by atoms with Crippen molar-refractivity contribution in [1.29, 1.82) is 0 Å². The highest BCUT2D eigenvalue weighted by Gasteiger charge is 2.31. The minimum atomic E-state index is -4.65. The lowest BCUT2D eigenvalue weighted by Crippen LogP contribution is -2.43. The molecule has 0 saturated carbocycles. The van der Waals surface area contributed by atoms with Crippen molar-refractivity contribution in [3.8, 4) is 0 Å². The molecular weight excluding hydrogens is 310 g/mol. The fourth-order valence-corrected chi connectivity index (χ4v) is 2.91. The predicted octanol–water partition coefficient (Wildman–Crippen LogP) is -1.49. The zero-order chi connectivity index (χ0) is 16.4. The van der Waals surface area contributed by atoms with Crippen LogP contribution >= 0.6 is 0 Å². The van der Waals surface area contributed by atoms with Gasteiger partial charge in [0.25, 0.3) is 0 Å². The Kier molecular flexibility index (Phi) is 4.80. The summed E-state index contributed by atoms with van der Waals surface area (Å²) in [5, 5.41) is 0. The summed E-state index contributed by atoms with van der Waals surface area (Å²) < 4.78 is 51.5. The minimum Gasteiger partial charge on any atom is -0.394 e. The first-order chi connectivity index (χ1) is 9.57. The van der Waals surface area contributed by atoms with Crippen LogP contribution in [-0.2, 0) is 19.6 Å². The third-order valence-electron chi connectivity index (χ3n) is 2.37. The number of primary amides is 2. The number of anilines is 1. The lowest BCUT2D eigenvalue weighted by atomic mass is 10.3.